The van der Waals surface area contributed by atoms with Gasteiger partial charge in [0.1, 0.15) is 0 Å². The highest BCUT2D eigenvalue weighted by molar-refractivity contribution is 7.99. The molecule has 0 atom stereocenters. The van der Waals surface area contributed by atoms with Crippen LogP contribution in [0.5, 0.6) is 0 Å². The van der Waals surface area contributed by atoms with Crippen LogP contribution in [0, 0.1) is 11.3 Å². The van der Waals surface area contributed by atoms with Crippen LogP contribution in [-0.4, -0.2) is 18.3 Å². The summed E-state index contributed by atoms with van der Waals surface area (Å²) < 4.78 is 15.5. The van der Waals surface area contributed by atoms with E-state index in [9.17, 15) is 0 Å². The minimum absolute atomic E-state index is 0.328. The second-order valence-corrected chi connectivity index (χ2v) is 8.19. The first-order valence-electron chi connectivity index (χ1n) is 8.63. The Balaban J connectivity index is 1.54. The second-order valence-electron chi connectivity index (χ2n) is 7.41. The number of nitrogens with zero attached hydrogens (tertiary/aromatic N) is 1. The Morgan fingerprint density at radius 1 is 0.962 bits per heavy atom. The van der Waals surface area contributed by atoms with Crippen molar-refractivity contribution in [3.8, 4) is 6.07 Å². The summed E-state index contributed by atoms with van der Waals surface area (Å²) in [5, 5.41) is 8.83. The molecule has 0 unspecified atom stereocenters. The van der Waals surface area contributed by atoms with E-state index in [0.29, 0.717) is 5.56 Å². The zero-order valence-electron chi connectivity index (χ0n) is 15.6. The highest BCUT2D eigenvalue weighted by Crippen LogP contribution is 2.36. The van der Waals surface area contributed by atoms with Crippen molar-refractivity contribution in [1.82, 2.24) is 0 Å². The van der Waals surface area contributed by atoms with Crippen LogP contribution in [0.15, 0.2) is 48.5 Å². The Kier molecular flexibility index (Phi) is 5.33. The fourth-order valence-corrected chi connectivity index (χ4v) is 3.30. The molecule has 0 spiro atoms. The van der Waals surface area contributed by atoms with Gasteiger partial charge in [0.25, 0.3) is 0 Å². The average Bonchev–Trinajstić information content (AvgIpc) is 2.84. The van der Waals surface area contributed by atoms with Gasteiger partial charge in [0.05, 0.1) is 22.8 Å². The van der Waals surface area contributed by atoms with E-state index in [-0.39, 0.29) is 18.3 Å². The highest BCUT2D eigenvalue weighted by atomic mass is 32.2. The lowest BCUT2D eigenvalue weighted by molar-refractivity contribution is 0.00578. The molecule has 0 amide bonds. The molecule has 1 saturated heterocycles. The third-order valence-electron chi connectivity index (χ3n) is 4.95. The van der Waals surface area contributed by atoms with Gasteiger partial charge in [-0.25, -0.2) is 0 Å². The molecule has 6 heteroatoms. The molecule has 0 bridgehead atoms. The third kappa shape index (κ3) is 4.07. The molecule has 0 radical (unpaired) electrons. The summed E-state index contributed by atoms with van der Waals surface area (Å²) >= 11 is 1.62. The minimum Gasteiger partial charge on any atom is -0.399 e. The molecule has 1 aliphatic heterocycles. The Labute approximate surface area is 160 Å². The van der Waals surface area contributed by atoms with Gasteiger partial charge >= 0.3 is 7.12 Å². The molecule has 0 aromatic heterocycles. The van der Waals surface area contributed by atoms with Gasteiger partial charge in [0.2, 0.25) is 0 Å². The number of nitrogens with one attached hydrogen (secondary N) is 1. The maximum atomic E-state index is 8.83. The summed E-state index contributed by atoms with van der Waals surface area (Å²) in [6.45, 7) is 8.23. The maximum absolute atomic E-state index is 8.83. The van der Waals surface area contributed by atoms with Gasteiger partial charge in [-0.05, 0) is 74.9 Å². The monoisotopic (exact) mass is 366 g/mol. The Morgan fingerprint density at radius 3 is 2.08 bits per heavy atom. The lowest BCUT2D eigenvalue weighted by Gasteiger charge is -2.32. The van der Waals surface area contributed by atoms with Crippen molar-refractivity contribution in [3.05, 3.63) is 59.7 Å². The molecule has 3 rings (SSSR count). The molecule has 26 heavy (non-hydrogen) atoms. The SMILES string of the molecule is CC1(C)OB(c2ccc(NSCc3ccc(C#N)cc3)cc2)OC1(C)C. The first-order chi connectivity index (χ1) is 12.3. The van der Waals surface area contributed by atoms with E-state index < -0.39 is 0 Å². The van der Waals surface area contributed by atoms with Gasteiger partial charge in [0.15, 0.2) is 0 Å². The normalized spacial score (nSPS) is 17.7. The summed E-state index contributed by atoms with van der Waals surface area (Å²) in [6, 6.07) is 17.9. The van der Waals surface area contributed by atoms with E-state index in [1.807, 2.05) is 48.5 Å². The topological polar surface area (TPSA) is 54.3 Å². The van der Waals surface area contributed by atoms with E-state index in [2.05, 4.69) is 38.5 Å². The summed E-state index contributed by atoms with van der Waals surface area (Å²) in [6.07, 6.45) is 0. The molecule has 1 heterocycles. The zero-order valence-corrected chi connectivity index (χ0v) is 16.4. The van der Waals surface area contributed by atoms with Crippen molar-refractivity contribution < 1.29 is 9.31 Å². The number of benzene rings is 2. The van der Waals surface area contributed by atoms with Crippen molar-refractivity contribution in [2.45, 2.75) is 44.6 Å². The molecule has 1 aliphatic rings. The van der Waals surface area contributed by atoms with Crippen molar-refractivity contribution in [2.24, 2.45) is 0 Å². The van der Waals surface area contributed by atoms with E-state index in [0.717, 1.165) is 16.9 Å². The lowest BCUT2D eigenvalue weighted by atomic mass is 9.79. The van der Waals surface area contributed by atoms with E-state index >= 15 is 0 Å². The molecular weight excluding hydrogens is 343 g/mol. The van der Waals surface area contributed by atoms with Gasteiger partial charge in [-0.3, -0.25) is 0 Å². The van der Waals surface area contributed by atoms with Gasteiger partial charge in [0, 0.05) is 11.4 Å². The smallest absolute Gasteiger partial charge is 0.399 e. The van der Waals surface area contributed by atoms with Crippen LogP contribution < -0.4 is 10.2 Å². The quantitative estimate of drug-likeness (QED) is 0.637. The van der Waals surface area contributed by atoms with Crippen LogP contribution in [0.2, 0.25) is 0 Å². The van der Waals surface area contributed by atoms with Crippen molar-refractivity contribution in [3.63, 3.8) is 0 Å². The molecule has 2 aromatic carbocycles. The minimum atomic E-state index is -0.333. The maximum Gasteiger partial charge on any atom is 0.494 e. The molecular formula is C20H23BN2O2S. The predicted molar refractivity (Wildman–Crippen MR) is 108 cm³/mol. The number of hydrogen-bond acceptors (Lipinski definition) is 5. The molecule has 0 aliphatic carbocycles. The van der Waals surface area contributed by atoms with Crippen LogP contribution in [0.25, 0.3) is 0 Å². The van der Waals surface area contributed by atoms with E-state index in [1.54, 1.807) is 11.9 Å². The molecule has 1 N–H and O–H groups in total. The fraction of sp³-hybridized carbons (Fsp3) is 0.350. The second kappa shape index (κ2) is 7.36. The molecule has 4 nitrogen and oxygen atoms in total. The van der Waals surface area contributed by atoms with Crippen LogP contribution >= 0.6 is 11.9 Å². The molecule has 1 fully saturated rings. The number of anilines is 1. The lowest BCUT2D eigenvalue weighted by Crippen LogP contribution is -2.41. The van der Waals surface area contributed by atoms with Crippen LogP contribution in [0.3, 0.4) is 0 Å². The summed E-state index contributed by atoms with van der Waals surface area (Å²) in [5.41, 5.74) is 3.26. The predicted octanol–water partition coefficient (Wildman–Crippen LogP) is 4.12. The Morgan fingerprint density at radius 2 is 1.54 bits per heavy atom. The fourth-order valence-electron chi connectivity index (χ4n) is 2.57. The number of nitriles is 1. The summed E-state index contributed by atoms with van der Waals surface area (Å²) in [7, 11) is -0.333. The average molecular weight is 366 g/mol. The van der Waals surface area contributed by atoms with Gasteiger partial charge in [-0.2, -0.15) is 5.26 Å². The first kappa shape index (κ1) is 18.8. The molecule has 0 saturated carbocycles. The van der Waals surface area contributed by atoms with Crippen molar-refractivity contribution >= 4 is 30.2 Å². The molecule has 134 valence electrons. The Hall–Kier alpha value is -1.94. The standard InChI is InChI=1S/C20H23BN2O2S/c1-19(2)20(3,4)25-21(24-19)17-9-11-18(12-10-17)23-26-14-16-7-5-15(13-22)6-8-16/h5-12,23H,14H2,1-4H3. The van der Waals surface area contributed by atoms with Crippen molar-refractivity contribution in [1.29, 1.82) is 5.26 Å². The number of hydrogen-bond donors (Lipinski definition) is 1. The van der Waals surface area contributed by atoms with Crippen LogP contribution in [0.4, 0.5) is 5.69 Å². The summed E-state index contributed by atoms with van der Waals surface area (Å²) in [4.78, 5) is 0. The van der Waals surface area contributed by atoms with Gasteiger partial charge in [-0.15, -0.1) is 0 Å². The van der Waals surface area contributed by atoms with E-state index in [1.165, 1.54) is 5.56 Å². The highest BCUT2D eigenvalue weighted by Gasteiger charge is 2.51. The zero-order chi connectivity index (χ0) is 18.8. The van der Waals surface area contributed by atoms with Gasteiger partial charge < -0.3 is 14.0 Å². The Bertz CT molecular complexity index is 782. The largest absolute Gasteiger partial charge is 0.494 e. The van der Waals surface area contributed by atoms with Crippen LogP contribution in [0.1, 0.15) is 38.8 Å². The van der Waals surface area contributed by atoms with Crippen LogP contribution in [-0.2, 0) is 15.1 Å². The van der Waals surface area contributed by atoms with E-state index in [4.69, 9.17) is 14.6 Å². The number of rotatable bonds is 5. The first-order valence-corrected chi connectivity index (χ1v) is 9.62. The summed E-state index contributed by atoms with van der Waals surface area (Å²) in [5.74, 6) is 0.824. The third-order valence-corrected chi connectivity index (χ3v) is 5.81. The van der Waals surface area contributed by atoms with Gasteiger partial charge in [-0.1, -0.05) is 24.3 Å². The molecule has 2 aromatic rings. The van der Waals surface area contributed by atoms with Crippen molar-refractivity contribution in [2.75, 3.05) is 4.72 Å².